The van der Waals surface area contributed by atoms with Gasteiger partial charge in [0.15, 0.2) is 5.78 Å². The van der Waals surface area contributed by atoms with E-state index in [1.807, 2.05) is 49.4 Å². The standard InChI is InChI=1S/C16H18N2O/c1-3-11-17-16-14(10-9-12(2)18-16)15(19)13-7-5-4-6-8-13/h4-10H,3,11H2,1-2H3,(H,17,18). The first kappa shape index (κ1) is 13.3. The largest absolute Gasteiger partial charge is 0.369 e. The molecule has 1 N–H and O–H groups in total. The van der Waals surface area contributed by atoms with Crippen molar-refractivity contribution < 1.29 is 4.79 Å². The molecular formula is C16H18N2O. The normalized spacial score (nSPS) is 10.2. The number of hydrogen-bond acceptors (Lipinski definition) is 3. The van der Waals surface area contributed by atoms with Crippen LogP contribution in [0, 0.1) is 6.92 Å². The van der Waals surface area contributed by atoms with Crippen molar-refractivity contribution in [3.63, 3.8) is 0 Å². The number of carbonyl (C=O) groups excluding carboxylic acids is 1. The summed E-state index contributed by atoms with van der Waals surface area (Å²) in [5.74, 6) is 0.683. The molecule has 3 nitrogen and oxygen atoms in total. The van der Waals surface area contributed by atoms with Crippen LogP contribution in [0.2, 0.25) is 0 Å². The highest BCUT2D eigenvalue weighted by atomic mass is 16.1. The molecule has 1 aromatic heterocycles. The zero-order valence-corrected chi connectivity index (χ0v) is 11.3. The maximum atomic E-state index is 12.5. The predicted octanol–water partition coefficient (Wildman–Crippen LogP) is 3.44. The van der Waals surface area contributed by atoms with Gasteiger partial charge < -0.3 is 5.32 Å². The summed E-state index contributed by atoms with van der Waals surface area (Å²) in [6, 6.07) is 13.0. The second kappa shape index (κ2) is 6.14. The molecule has 3 heteroatoms. The number of nitrogens with one attached hydrogen (secondary N) is 1. The topological polar surface area (TPSA) is 42.0 Å². The molecule has 2 aromatic rings. The number of aryl methyl sites for hydroxylation is 1. The fourth-order valence-electron chi connectivity index (χ4n) is 1.86. The van der Waals surface area contributed by atoms with Crippen molar-refractivity contribution in [1.82, 2.24) is 4.98 Å². The van der Waals surface area contributed by atoms with E-state index in [-0.39, 0.29) is 5.78 Å². The molecule has 0 spiro atoms. The second-order valence-electron chi connectivity index (χ2n) is 4.47. The summed E-state index contributed by atoms with van der Waals surface area (Å²) in [6.45, 7) is 4.82. The molecule has 1 heterocycles. The van der Waals surface area contributed by atoms with Crippen molar-refractivity contribution >= 4 is 11.6 Å². The van der Waals surface area contributed by atoms with Gasteiger partial charge in [0.25, 0.3) is 0 Å². The average Bonchev–Trinajstić information content (AvgIpc) is 2.45. The van der Waals surface area contributed by atoms with E-state index in [0.29, 0.717) is 16.9 Å². The number of anilines is 1. The van der Waals surface area contributed by atoms with Gasteiger partial charge in [0.2, 0.25) is 0 Å². The quantitative estimate of drug-likeness (QED) is 0.831. The van der Waals surface area contributed by atoms with Gasteiger partial charge in [0, 0.05) is 17.8 Å². The van der Waals surface area contributed by atoms with Crippen LogP contribution in [0.1, 0.15) is 35.0 Å². The highest BCUT2D eigenvalue weighted by molar-refractivity contribution is 6.11. The monoisotopic (exact) mass is 254 g/mol. The van der Waals surface area contributed by atoms with E-state index in [9.17, 15) is 4.79 Å². The number of benzene rings is 1. The van der Waals surface area contributed by atoms with Crippen LogP contribution in [0.5, 0.6) is 0 Å². The minimum Gasteiger partial charge on any atom is -0.369 e. The van der Waals surface area contributed by atoms with Gasteiger partial charge in [-0.2, -0.15) is 0 Å². The molecule has 0 radical (unpaired) electrons. The molecule has 0 aliphatic rings. The van der Waals surface area contributed by atoms with E-state index in [2.05, 4.69) is 17.2 Å². The van der Waals surface area contributed by atoms with Crippen LogP contribution in [0.4, 0.5) is 5.82 Å². The van der Waals surface area contributed by atoms with Gasteiger partial charge in [-0.1, -0.05) is 37.3 Å². The summed E-state index contributed by atoms with van der Waals surface area (Å²) in [6.07, 6.45) is 0.995. The number of aromatic nitrogens is 1. The maximum Gasteiger partial charge on any atom is 0.196 e. The summed E-state index contributed by atoms with van der Waals surface area (Å²) >= 11 is 0. The molecule has 98 valence electrons. The third kappa shape index (κ3) is 3.19. The summed E-state index contributed by atoms with van der Waals surface area (Å²) in [5, 5.41) is 3.22. The average molecular weight is 254 g/mol. The van der Waals surface area contributed by atoms with Crippen LogP contribution in [0.25, 0.3) is 0 Å². The van der Waals surface area contributed by atoms with Crippen LogP contribution in [-0.2, 0) is 0 Å². The zero-order valence-electron chi connectivity index (χ0n) is 11.3. The van der Waals surface area contributed by atoms with Crippen LogP contribution in [0.15, 0.2) is 42.5 Å². The Hall–Kier alpha value is -2.16. The lowest BCUT2D eigenvalue weighted by molar-refractivity contribution is 0.103. The lowest BCUT2D eigenvalue weighted by atomic mass is 10.0. The van der Waals surface area contributed by atoms with E-state index in [4.69, 9.17) is 0 Å². The lowest BCUT2D eigenvalue weighted by Gasteiger charge is -2.10. The molecule has 0 atom stereocenters. The van der Waals surface area contributed by atoms with Crippen molar-refractivity contribution in [3.05, 3.63) is 59.3 Å². The highest BCUT2D eigenvalue weighted by Gasteiger charge is 2.14. The van der Waals surface area contributed by atoms with Crippen molar-refractivity contribution in [2.24, 2.45) is 0 Å². The van der Waals surface area contributed by atoms with Crippen molar-refractivity contribution in [2.45, 2.75) is 20.3 Å². The first-order valence-electron chi connectivity index (χ1n) is 6.53. The van der Waals surface area contributed by atoms with E-state index >= 15 is 0 Å². The molecule has 0 aliphatic carbocycles. The fourth-order valence-corrected chi connectivity index (χ4v) is 1.86. The SMILES string of the molecule is CCCNc1nc(C)ccc1C(=O)c1ccccc1. The van der Waals surface area contributed by atoms with E-state index < -0.39 is 0 Å². The molecule has 0 saturated heterocycles. The highest BCUT2D eigenvalue weighted by Crippen LogP contribution is 2.18. The molecule has 0 bridgehead atoms. The van der Waals surface area contributed by atoms with Gasteiger partial charge in [-0.15, -0.1) is 0 Å². The number of nitrogens with zero attached hydrogens (tertiary/aromatic N) is 1. The smallest absolute Gasteiger partial charge is 0.196 e. The van der Waals surface area contributed by atoms with Crippen LogP contribution >= 0.6 is 0 Å². The predicted molar refractivity (Wildman–Crippen MR) is 77.6 cm³/mol. The van der Waals surface area contributed by atoms with Gasteiger partial charge >= 0.3 is 0 Å². The van der Waals surface area contributed by atoms with Gasteiger partial charge in [-0.25, -0.2) is 4.98 Å². The Kier molecular flexibility index (Phi) is 4.29. The van der Waals surface area contributed by atoms with Crippen molar-refractivity contribution in [2.75, 3.05) is 11.9 Å². The molecule has 0 amide bonds. The number of carbonyl (C=O) groups is 1. The number of rotatable bonds is 5. The number of pyridine rings is 1. The first-order valence-corrected chi connectivity index (χ1v) is 6.53. The van der Waals surface area contributed by atoms with Gasteiger partial charge in [-0.05, 0) is 25.5 Å². The van der Waals surface area contributed by atoms with Crippen LogP contribution < -0.4 is 5.32 Å². The molecule has 0 fully saturated rings. The van der Waals surface area contributed by atoms with Crippen molar-refractivity contribution in [3.8, 4) is 0 Å². The minimum atomic E-state index is 0.00621. The van der Waals surface area contributed by atoms with Crippen LogP contribution in [-0.4, -0.2) is 17.3 Å². The number of hydrogen-bond donors (Lipinski definition) is 1. The van der Waals surface area contributed by atoms with E-state index in [1.165, 1.54) is 0 Å². The summed E-state index contributed by atoms with van der Waals surface area (Å²) < 4.78 is 0. The molecular weight excluding hydrogens is 236 g/mol. The molecule has 0 unspecified atom stereocenters. The molecule has 0 saturated carbocycles. The Balaban J connectivity index is 2.36. The Labute approximate surface area is 113 Å². The third-order valence-corrected chi connectivity index (χ3v) is 2.86. The molecule has 0 aliphatic heterocycles. The molecule has 2 rings (SSSR count). The minimum absolute atomic E-state index is 0.00621. The Bertz CT molecular complexity index is 564. The van der Waals surface area contributed by atoms with Gasteiger partial charge in [-0.3, -0.25) is 4.79 Å². The van der Waals surface area contributed by atoms with Crippen LogP contribution in [0.3, 0.4) is 0 Å². The summed E-state index contributed by atoms with van der Waals surface area (Å²) in [7, 11) is 0. The van der Waals surface area contributed by atoms with Crippen molar-refractivity contribution in [1.29, 1.82) is 0 Å². The maximum absolute atomic E-state index is 12.5. The lowest BCUT2D eigenvalue weighted by Crippen LogP contribution is -2.11. The van der Waals surface area contributed by atoms with Gasteiger partial charge in [0.1, 0.15) is 5.82 Å². The Morgan fingerprint density at radius 1 is 1.16 bits per heavy atom. The first-order chi connectivity index (χ1) is 9.22. The fraction of sp³-hybridized carbons (Fsp3) is 0.250. The van der Waals surface area contributed by atoms with E-state index in [0.717, 1.165) is 18.7 Å². The molecule has 1 aromatic carbocycles. The Morgan fingerprint density at radius 2 is 1.89 bits per heavy atom. The number of ketones is 1. The Morgan fingerprint density at radius 3 is 2.58 bits per heavy atom. The molecule has 19 heavy (non-hydrogen) atoms. The summed E-state index contributed by atoms with van der Waals surface area (Å²) in [4.78, 5) is 16.9. The second-order valence-corrected chi connectivity index (χ2v) is 4.47. The zero-order chi connectivity index (χ0) is 13.7. The van der Waals surface area contributed by atoms with E-state index in [1.54, 1.807) is 0 Å². The third-order valence-electron chi connectivity index (χ3n) is 2.86. The van der Waals surface area contributed by atoms with Gasteiger partial charge in [0.05, 0.1) is 5.56 Å². The summed E-state index contributed by atoms with van der Waals surface area (Å²) in [5.41, 5.74) is 2.22.